The molecule has 0 aromatic rings. The third-order valence-electron chi connectivity index (χ3n) is 3.52. The number of nitrogens with two attached hydrogens (primary N) is 1. The van der Waals surface area contributed by atoms with Crippen molar-refractivity contribution < 1.29 is 14.3 Å². The average molecular weight is 257 g/mol. The van der Waals surface area contributed by atoms with E-state index in [-0.39, 0.29) is 17.9 Å². The summed E-state index contributed by atoms with van der Waals surface area (Å²) in [6, 6.07) is -0.149. The Morgan fingerprint density at radius 1 is 1.28 bits per heavy atom. The second-order valence-corrected chi connectivity index (χ2v) is 4.91. The van der Waals surface area contributed by atoms with Gasteiger partial charge in [-0.3, -0.25) is 9.69 Å². The van der Waals surface area contributed by atoms with Crippen LogP contribution in [0.4, 0.5) is 0 Å². The molecule has 0 spiro atoms. The lowest BCUT2D eigenvalue weighted by Crippen LogP contribution is -2.42. The van der Waals surface area contributed by atoms with E-state index in [9.17, 15) is 4.79 Å². The molecule has 2 atom stereocenters. The summed E-state index contributed by atoms with van der Waals surface area (Å²) < 4.78 is 10.5. The zero-order valence-electron chi connectivity index (χ0n) is 10.8. The number of carbonyl (C=O) groups is 1. The maximum Gasteiger partial charge on any atom is 0.227 e. The highest BCUT2D eigenvalue weighted by molar-refractivity contribution is 5.79. The van der Waals surface area contributed by atoms with Gasteiger partial charge in [0.2, 0.25) is 5.91 Å². The number of rotatable bonds is 5. The van der Waals surface area contributed by atoms with Gasteiger partial charge >= 0.3 is 0 Å². The third-order valence-corrected chi connectivity index (χ3v) is 3.52. The number of ether oxygens (including phenoxy) is 2. The van der Waals surface area contributed by atoms with E-state index in [1.807, 2.05) is 0 Å². The molecule has 3 N–H and O–H groups in total. The minimum Gasteiger partial charge on any atom is -0.379 e. The zero-order chi connectivity index (χ0) is 12.8. The van der Waals surface area contributed by atoms with Crippen molar-refractivity contribution in [1.29, 1.82) is 0 Å². The Bertz CT molecular complexity index is 269. The molecular weight excluding hydrogens is 234 g/mol. The Labute approximate surface area is 108 Å². The summed E-state index contributed by atoms with van der Waals surface area (Å²) in [5.74, 6) is -0.143. The van der Waals surface area contributed by atoms with Crippen molar-refractivity contribution in [2.75, 3.05) is 52.6 Å². The van der Waals surface area contributed by atoms with Crippen molar-refractivity contribution >= 4 is 5.91 Å². The number of hydrogen-bond donors (Lipinski definition) is 2. The SMILES string of the molecule is NC1COCC1C(=O)NCCCN1CCOCC1. The molecule has 104 valence electrons. The van der Waals surface area contributed by atoms with Crippen LogP contribution in [0.5, 0.6) is 0 Å². The van der Waals surface area contributed by atoms with E-state index >= 15 is 0 Å². The minimum atomic E-state index is -0.173. The van der Waals surface area contributed by atoms with Gasteiger partial charge in [0.25, 0.3) is 0 Å². The normalized spacial score (nSPS) is 29.4. The molecule has 6 nitrogen and oxygen atoms in total. The fourth-order valence-corrected chi connectivity index (χ4v) is 2.31. The molecule has 2 rings (SSSR count). The van der Waals surface area contributed by atoms with Crippen LogP contribution in [0.1, 0.15) is 6.42 Å². The van der Waals surface area contributed by atoms with Crippen LogP contribution in [0.2, 0.25) is 0 Å². The molecule has 0 radical (unpaired) electrons. The molecule has 2 saturated heterocycles. The molecule has 18 heavy (non-hydrogen) atoms. The van der Waals surface area contributed by atoms with Crippen molar-refractivity contribution in [3.63, 3.8) is 0 Å². The largest absolute Gasteiger partial charge is 0.379 e. The maximum absolute atomic E-state index is 11.8. The average Bonchev–Trinajstić information content (AvgIpc) is 2.82. The second-order valence-electron chi connectivity index (χ2n) is 4.91. The molecule has 0 aromatic heterocycles. The highest BCUT2D eigenvalue weighted by Gasteiger charge is 2.30. The Kier molecular flexibility index (Phi) is 5.37. The minimum absolute atomic E-state index is 0.0296. The van der Waals surface area contributed by atoms with E-state index < -0.39 is 0 Å². The fourth-order valence-electron chi connectivity index (χ4n) is 2.31. The van der Waals surface area contributed by atoms with Crippen LogP contribution >= 0.6 is 0 Å². The standard InChI is InChI=1S/C12H23N3O3/c13-11-9-18-8-10(11)12(16)14-2-1-3-15-4-6-17-7-5-15/h10-11H,1-9,13H2,(H,14,16). The lowest BCUT2D eigenvalue weighted by Gasteiger charge is -2.26. The van der Waals surface area contributed by atoms with Crippen molar-refractivity contribution in [2.24, 2.45) is 11.7 Å². The highest BCUT2D eigenvalue weighted by atomic mass is 16.5. The molecule has 0 bridgehead atoms. The molecule has 0 saturated carbocycles. The Morgan fingerprint density at radius 2 is 2.06 bits per heavy atom. The zero-order valence-corrected chi connectivity index (χ0v) is 10.8. The van der Waals surface area contributed by atoms with E-state index in [0.29, 0.717) is 19.8 Å². The number of hydrogen-bond acceptors (Lipinski definition) is 5. The summed E-state index contributed by atoms with van der Waals surface area (Å²) in [4.78, 5) is 14.2. The molecule has 2 aliphatic heterocycles. The first kappa shape index (κ1) is 13.7. The van der Waals surface area contributed by atoms with Gasteiger partial charge in [-0.05, 0) is 13.0 Å². The monoisotopic (exact) mass is 257 g/mol. The van der Waals surface area contributed by atoms with Crippen LogP contribution in [0, 0.1) is 5.92 Å². The summed E-state index contributed by atoms with van der Waals surface area (Å²) >= 11 is 0. The second kappa shape index (κ2) is 7.04. The van der Waals surface area contributed by atoms with Gasteiger partial charge in [-0.1, -0.05) is 0 Å². The molecule has 2 fully saturated rings. The number of nitrogens with zero attached hydrogens (tertiary/aromatic N) is 1. The van der Waals surface area contributed by atoms with E-state index in [0.717, 1.165) is 39.3 Å². The Balaban J connectivity index is 1.56. The fraction of sp³-hybridized carbons (Fsp3) is 0.917. The lowest BCUT2D eigenvalue weighted by atomic mass is 10.0. The molecular formula is C12H23N3O3. The van der Waals surface area contributed by atoms with Gasteiger partial charge in [0.1, 0.15) is 0 Å². The van der Waals surface area contributed by atoms with E-state index in [2.05, 4.69) is 10.2 Å². The van der Waals surface area contributed by atoms with Crippen molar-refractivity contribution in [1.82, 2.24) is 10.2 Å². The van der Waals surface area contributed by atoms with Gasteiger partial charge in [-0.25, -0.2) is 0 Å². The predicted octanol–water partition coefficient (Wildman–Crippen LogP) is -1.20. The first-order valence-corrected chi connectivity index (χ1v) is 6.68. The number of carbonyl (C=O) groups excluding carboxylic acids is 1. The summed E-state index contributed by atoms with van der Waals surface area (Å²) in [6.45, 7) is 6.30. The van der Waals surface area contributed by atoms with Crippen LogP contribution in [0.15, 0.2) is 0 Å². The van der Waals surface area contributed by atoms with Crippen LogP contribution in [0.25, 0.3) is 0 Å². The summed E-state index contributed by atoms with van der Waals surface area (Å²) in [7, 11) is 0. The molecule has 1 amide bonds. The molecule has 6 heteroatoms. The quantitative estimate of drug-likeness (QED) is 0.605. The van der Waals surface area contributed by atoms with Crippen molar-refractivity contribution in [3.8, 4) is 0 Å². The van der Waals surface area contributed by atoms with E-state index in [1.165, 1.54) is 0 Å². The van der Waals surface area contributed by atoms with Crippen LogP contribution in [-0.2, 0) is 14.3 Å². The Hall–Kier alpha value is -0.690. The number of amides is 1. The van der Waals surface area contributed by atoms with Crippen molar-refractivity contribution in [2.45, 2.75) is 12.5 Å². The maximum atomic E-state index is 11.8. The molecule has 2 aliphatic rings. The topological polar surface area (TPSA) is 76.8 Å². The van der Waals surface area contributed by atoms with Gasteiger partial charge in [0, 0.05) is 25.7 Å². The number of morpholine rings is 1. The summed E-state index contributed by atoms with van der Waals surface area (Å²) in [5, 5.41) is 2.94. The highest BCUT2D eigenvalue weighted by Crippen LogP contribution is 2.11. The molecule has 0 aliphatic carbocycles. The van der Waals surface area contributed by atoms with Crippen molar-refractivity contribution in [3.05, 3.63) is 0 Å². The smallest absolute Gasteiger partial charge is 0.227 e. The lowest BCUT2D eigenvalue weighted by molar-refractivity contribution is -0.125. The van der Waals surface area contributed by atoms with Gasteiger partial charge in [-0.2, -0.15) is 0 Å². The molecule has 2 heterocycles. The first-order chi connectivity index (χ1) is 8.77. The predicted molar refractivity (Wildman–Crippen MR) is 67.2 cm³/mol. The molecule has 2 unspecified atom stereocenters. The van der Waals surface area contributed by atoms with Gasteiger partial charge in [-0.15, -0.1) is 0 Å². The van der Waals surface area contributed by atoms with Crippen LogP contribution in [-0.4, -0.2) is 69.5 Å². The Morgan fingerprint density at radius 3 is 2.72 bits per heavy atom. The molecule has 0 aromatic carbocycles. The van der Waals surface area contributed by atoms with Gasteiger partial charge in [0.15, 0.2) is 0 Å². The van der Waals surface area contributed by atoms with Crippen LogP contribution < -0.4 is 11.1 Å². The number of nitrogens with one attached hydrogen (secondary N) is 1. The van der Waals surface area contributed by atoms with E-state index in [4.69, 9.17) is 15.2 Å². The van der Waals surface area contributed by atoms with E-state index in [1.54, 1.807) is 0 Å². The summed E-state index contributed by atoms with van der Waals surface area (Å²) in [6.07, 6.45) is 0.967. The third kappa shape index (κ3) is 3.91. The van der Waals surface area contributed by atoms with Gasteiger partial charge in [0.05, 0.1) is 32.3 Å². The first-order valence-electron chi connectivity index (χ1n) is 6.68. The van der Waals surface area contributed by atoms with Crippen LogP contribution in [0.3, 0.4) is 0 Å². The summed E-state index contributed by atoms with van der Waals surface area (Å²) in [5.41, 5.74) is 5.79. The van der Waals surface area contributed by atoms with Gasteiger partial charge < -0.3 is 20.5 Å².